The predicted octanol–water partition coefficient (Wildman–Crippen LogP) is 2.19. The number of hydrogen-bond donors (Lipinski definition) is 1. The standard InChI is InChI=1S/C14H8F2N2O2/c15-12-3-1-2-11(14(12)16)9-4-6-10(7-5-9)18-8-13(19)20-17-18/h1-8H/p+1. The fourth-order valence-corrected chi connectivity index (χ4v) is 1.91. The molecule has 1 heterocycles. The highest BCUT2D eigenvalue weighted by molar-refractivity contribution is 5.64. The monoisotopic (exact) mass is 275 g/mol. The molecule has 1 N–H and O–H groups in total. The Morgan fingerprint density at radius 1 is 1.05 bits per heavy atom. The summed E-state index contributed by atoms with van der Waals surface area (Å²) in [5, 5.41) is 2.40. The summed E-state index contributed by atoms with van der Waals surface area (Å²) in [6.45, 7) is 0. The van der Waals surface area contributed by atoms with Crippen LogP contribution in [0.3, 0.4) is 0 Å². The smallest absolute Gasteiger partial charge is 0.283 e. The van der Waals surface area contributed by atoms with Crippen LogP contribution in [0.5, 0.6) is 0 Å². The number of aromatic nitrogens is 2. The van der Waals surface area contributed by atoms with Gasteiger partial charge >= 0.3 is 5.63 Å². The van der Waals surface area contributed by atoms with Crippen LogP contribution in [-0.4, -0.2) is 5.27 Å². The van der Waals surface area contributed by atoms with E-state index in [1.54, 1.807) is 24.3 Å². The number of halogens is 2. The number of benzene rings is 2. The van der Waals surface area contributed by atoms with Crippen LogP contribution in [0.2, 0.25) is 0 Å². The summed E-state index contributed by atoms with van der Waals surface area (Å²) < 4.78 is 32.8. The molecule has 0 aliphatic carbocycles. The van der Waals surface area contributed by atoms with Crippen molar-refractivity contribution in [3.63, 3.8) is 0 Å². The van der Waals surface area contributed by atoms with Gasteiger partial charge in [-0.2, -0.15) is 0 Å². The molecule has 4 nitrogen and oxygen atoms in total. The fraction of sp³-hybridized carbons (Fsp3) is 0. The van der Waals surface area contributed by atoms with E-state index in [4.69, 9.17) is 0 Å². The molecule has 0 bridgehead atoms. The van der Waals surface area contributed by atoms with E-state index in [1.165, 1.54) is 23.0 Å². The Hall–Kier alpha value is -2.76. The Balaban J connectivity index is 2.01. The zero-order valence-corrected chi connectivity index (χ0v) is 10.1. The largest absolute Gasteiger partial charge is 0.427 e. The van der Waals surface area contributed by atoms with Crippen LogP contribution in [0.15, 0.2) is 58.0 Å². The number of rotatable bonds is 2. The molecule has 0 spiro atoms. The molecule has 0 fully saturated rings. The third kappa shape index (κ3) is 2.11. The van der Waals surface area contributed by atoms with E-state index in [9.17, 15) is 13.6 Å². The summed E-state index contributed by atoms with van der Waals surface area (Å²) in [5.41, 5.74) is 0.848. The highest BCUT2D eigenvalue weighted by atomic mass is 19.2. The molecule has 1 aromatic heterocycles. The summed E-state index contributed by atoms with van der Waals surface area (Å²) in [6, 6.07) is 10.6. The summed E-state index contributed by atoms with van der Waals surface area (Å²) in [6.07, 6.45) is 1.23. The van der Waals surface area contributed by atoms with Crippen molar-refractivity contribution in [2.24, 2.45) is 0 Å². The number of aromatic amines is 1. The van der Waals surface area contributed by atoms with Gasteiger partial charge in [0, 0.05) is 17.7 Å². The lowest BCUT2D eigenvalue weighted by atomic mass is 10.0. The van der Waals surface area contributed by atoms with Crippen molar-refractivity contribution < 1.29 is 18.0 Å². The second-order valence-corrected chi connectivity index (χ2v) is 4.16. The van der Waals surface area contributed by atoms with E-state index in [0.29, 0.717) is 11.3 Å². The molecule has 0 saturated heterocycles. The minimum Gasteiger partial charge on any atom is -0.283 e. The molecule has 0 atom stereocenters. The first-order valence-electron chi connectivity index (χ1n) is 5.80. The quantitative estimate of drug-likeness (QED) is 0.729. The van der Waals surface area contributed by atoms with Crippen molar-refractivity contribution >= 4 is 0 Å². The maximum atomic E-state index is 13.7. The van der Waals surface area contributed by atoms with Gasteiger partial charge in [-0.1, -0.05) is 12.1 Å². The average molecular weight is 275 g/mol. The molecule has 100 valence electrons. The van der Waals surface area contributed by atoms with Crippen molar-refractivity contribution in [1.82, 2.24) is 5.27 Å². The highest BCUT2D eigenvalue weighted by Crippen LogP contribution is 2.24. The predicted molar refractivity (Wildman–Crippen MR) is 66.2 cm³/mol. The summed E-state index contributed by atoms with van der Waals surface area (Å²) >= 11 is 0. The highest BCUT2D eigenvalue weighted by Gasteiger charge is 2.13. The molecule has 6 heteroatoms. The van der Waals surface area contributed by atoms with Crippen LogP contribution in [0.1, 0.15) is 0 Å². The van der Waals surface area contributed by atoms with Crippen molar-refractivity contribution in [3.05, 3.63) is 70.7 Å². The van der Waals surface area contributed by atoms with Crippen molar-refractivity contribution in [1.29, 1.82) is 0 Å². The lowest BCUT2D eigenvalue weighted by Crippen LogP contribution is -2.31. The van der Waals surface area contributed by atoms with Crippen LogP contribution in [0.25, 0.3) is 16.8 Å². The number of H-pyrrole nitrogens is 1. The molecular weight excluding hydrogens is 266 g/mol. The first kappa shape index (κ1) is 12.3. The van der Waals surface area contributed by atoms with Crippen molar-refractivity contribution in [2.45, 2.75) is 0 Å². The molecule has 2 aromatic carbocycles. The van der Waals surface area contributed by atoms with E-state index in [1.807, 2.05) is 0 Å². The van der Waals surface area contributed by atoms with Gasteiger partial charge in [-0.05, 0) is 33.7 Å². The normalized spacial score (nSPS) is 10.7. The van der Waals surface area contributed by atoms with Gasteiger partial charge in [0.15, 0.2) is 11.6 Å². The van der Waals surface area contributed by atoms with Gasteiger partial charge < -0.3 is 0 Å². The second kappa shape index (κ2) is 4.73. The summed E-state index contributed by atoms with van der Waals surface area (Å²) in [7, 11) is 0. The topological polar surface area (TPSA) is 49.9 Å². The van der Waals surface area contributed by atoms with Crippen molar-refractivity contribution in [3.8, 4) is 16.8 Å². The minimum atomic E-state index is -0.889. The van der Waals surface area contributed by atoms with Gasteiger partial charge in [0.25, 0.3) is 6.20 Å². The second-order valence-electron chi connectivity index (χ2n) is 4.16. The molecule has 0 aliphatic heterocycles. The average Bonchev–Trinajstić information content (AvgIpc) is 2.89. The van der Waals surface area contributed by atoms with Gasteiger partial charge in [0.1, 0.15) is 0 Å². The van der Waals surface area contributed by atoms with Crippen LogP contribution in [-0.2, 0) is 0 Å². The molecule has 20 heavy (non-hydrogen) atoms. The zero-order valence-electron chi connectivity index (χ0n) is 10.1. The zero-order chi connectivity index (χ0) is 14.1. The van der Waals surface area contributed by atoms with E-state index < -0.39 is 17.3 Å². The van der Waals surface area contributed by atoms with E-state index in [2.05, 4.69) is 9.79 Å². The van der Waals surface area contributed by atoms with Crippen molar-refractivity contribution in [2.75, 3.05) is 0 Å². The van der Waals surface area contributed by atoms with Gasteiger partial charge in [-0.25, -0.2) is 13.6 Å². The molecule has 3 aromatic rings. The number of hydrogen-bond acceptors (Lipinski definition) is 2. The summed E-state index contributed by atoms with van der Waals surface area (Å²) in [4.78, 5) is 10.9. The Bertz CT molecular complexity index is 807. The molecular formula is C14H9F2N2O2+. The SMILES string of the molecule is O=c1c[n+](-c2ccc(-c3cccc(F)c3F)cc2)[nH]o1. The first-order valence-corrected chi connectivity index (χ1v) is 5.80. The third-order valence-electron chi connectivity index (χ3n) is 2.89. The van der Waals surface area contributed by atoms with Crippen LogP contribution < -0.4 is 10.3 Å². The Labute approximate surface area is 111 Å². The number of nitrogens with one attached hydrogen (secondary N) is 1. The van der Waals surface area contributed by atoms with Gasteiger partial charge in [-0.15, -0.1) is 0 Å². The van der Waals surface area contributed by atoms with E-state index in [0.717, 1.165) is 6.07 Å². The van der Waals surface area contributed by atoms with E-state index in [-0.39, 0.29) is 5.56 Å². The maximum absolute atomic E-state index is 13.7. The van der Waals surface area contributed by atoms with Gasteiger partial charge in [0.05, 0.1) is 0 Å². The lowest BCUT2D eigenvalue weighted by Gasteiger charge is -2.03. The van der Waals surface area contributed by atoms with Gasteiger partial charge in [-0.3, -0.25) is 4.52 Å². The molecule has 0 unspecified atom stereocenters. The fourth-order valence-electron chi connectivity index (χ4n) is 1.91. The minimum absolute atomic E-state index is 0.183. The molecule has 0 aliphatic rings. The lowest BCUT2D eigenvalue weighted by molar-refractivity contribution is -0.670. The number of nitrogens with zero attached hydrogens (tertiary/aromatic N) is 1. The molecule has 0 amide bonds. The summed E-state index contributed by atoms with van der Waals surface area (Å²) in [5.74, 6) is -1.77. The van der Waals surface area contributed by atoms with E-state index >= 15 is 0 Å². The Kier molecular flexibility index (Phi) is 2.90. The van der Waals surface area contributed by atoms with Crippen LogP contribution >= 0.6 is 0 Å². The molecule has 0 radical (unpaired) electrons. The molecule has 3 rings (SSSR count). The first-order chi connectivity index (χ1) is 9.65. The van der Waals surface area contributed by atoms with Gasteiger partial charge in [0.2, 0.25) is 5.69 Å². The third-order valence-corrected chi connectivity index (χ3v) is 2.89. The maximum Gasteiger partial charge on any atom is 0.427 e. The Morgan fingerprint density at radius 2 is 1.80 bits per heavy atom. The van der Waals surface area contributed by atoms with Crippen LogP contribution in [0.4, 0.5) is 8.78 Å². The Morgan fingerprint density at radius 3 is 2.45 bits per heavy atom. The molecule has 0 saturated carbocycles. The van der Waals surface area contributed by atoms with Crippen LogP contribution in [0, 0.1) is 11.6 Å².